The number of aromatic carboxylic acids is 1. The number of hydrogen-bond donors (Lipinski definition) is 1. The van der Waals surface area contributed by atoms with E-state index >= 15 is 0 Å². The number of aryl methyl sites for hydroxylation is 2. The van der Waals surface area contributed by atoms with Crippen LogP contribution < -0.4 is 4.74 Å². The average molecular weight is 820 g/mol. The maximum Gasteiger partial charge on any atom is 2.00 e. The predicted octanol–water partition coefficient (Wildman–Crippen LogP) is 8.50. The first kappa shape index (κ1) is 39.1. The van der Waals surface area contributed by atoms with Crippen LogP contribution in [0.3, 0.4) is 0 Å². The van der Waals surface area contributed by atoms with E-state index in [0.29, 0.717) is 29.5 Å². The predicted molar refractivity (Wildman–Crippen MR) is 175 cm³/mol. The molecule has 0 saturated carbocycles. The number of rotatable bonds is 10. The molecule has 1 aliphatic heterocycles. The Morgan fingerprint density at radius 1 is 1.14 bits per heavy atom. The molecule has 1 saturated heterocycles. The molecule has 6 nitrogen and oxygen atoms in total. The number of likely N-dealkylation sites (tertiary alicyclic amines) is 1. The van der Waals surface area contributed by atoms with E-state index in [1.165, 1.54) is 18.4 Å². The van der Waals surface area contributed by atoms with Crippen LogP contribution in [-0.2, 0) is 6.61 Å². The van der Waals surface area contributed by atoms with Crippen molar-refractivity contribution in [1.29, 1.82) is 5.26 Å². The maximum atomic E-state index is 10.5. The Balaban J connectivity index is 0.000000445. The summed E-state index contributed by atoms with van der Waals surface area (Å²) in [5, 5.41) is 17.5. The van der Waals surface area contributed by atoms with Gasteiger partial charge in [-0.2, -0.15) is 11.7 Å². The van der Waals surface area contributed by atoms with Gasteiger partial charge in [-0.15, -0.1) is 0 Å². The smallest absolute Gasteiger partial charge is 0.478 e. The third-order valence-corrected chi connectivity index (χ3v) is 7.16. The number of unbranched alkanes of at least 4 members (excludes halogenated alkanes) is 3. The average Bonchev–Trinajstić information content (AvgIpc) is 3.01. The van der Waals surface area contributed by atoms with Gasteiger partial charge in [0.1, 0.15) is 6.61 Å². The van der Waals surface area contributed by atoms with Gasteiger partial charge in [0.25, 0.3) is 0 Å². The molecule has 0 aliphatic carbocycles. The van der Waals surface area contributed by atoms with Crippen LogP contribution in [0, 0.1) is 69.6 Å². The first-order valence-electron chi connectivity index (χ1n) is 15.0. The van der Waals surface area contributed by atoms with Crippen molar-refractivity contribution in [2.75, 3.05) is 19.6 Å². The summed E-state index contributed by atoms with van der Waals surface area (Å²) in [6.45, 7) is 19.4. The summed E-state index contributed by atoms with van der Waals surface area (Å²) in [4.78, 5) is 17.6. The first-order valence-corrected chi connectivity index (χ1v) is 15.0. The van der Waals surface area contributed by atoms with Crippen molar-refractivity contribution < 1.29 is 45.8 Å². The van der Waals surface area contributed by atoms with Crippen LogP contribution >= 0.6 is 0 Å². The van der Waals surface area contributed by atoms with Crippen LogP contribution in [-0.4, -0.2) is 40.6 Å². The Kier molecular flexibility index (Phi) is 19.3. The van der Waals surface area contributed by atoms with Gasteiger partial charge in [0.15, 0.2) is 0 Å². The van der Waals surface area contributed by atoms with Crippen LogP contribution in [0.1, 0.15) is 90.2 Å². The third kappa shape index (κ3) is 14.7. The summed E-state index contributed by atoms with van der Waals surface area (Å²) >= 11 is 0. The number of ether oxygens (including phenoxy) is 1. The molecule has 4 rings (SSSR count). The number of pyridine rings is 1. The van der Waals surface area contributed by atoms with Gasteiger partial charge in [0.05, 0.1) is 17.2 Å². The quantitative estimate of drug-likeness (QED) is 0.126. The number of nitrogens with zero attached hydrogens (tertiary/aromatic N) is 3. The molecule has 0 atom stereocenters. The Morgan fingerprint density at radius 3 is 2.34 bits per heavy atom. The largest absolute Gasteiger partial charge is 2.00 e. The van der Waals surface area contributed by atoms with E-state index in [9.17, 15) is 4.79 Å². The first-order chi connectivity index (χ1) is 20.7. The Labute approximate surface area is 288 Å². The van der Waals surface area contributed by atoms with Gasteiger partial charge in [-0.1, -0.05) is 43.3 Å². The molecule has 1 aromatic heterocycles. The molecule has 3 aromatic rings. The minimum Gasteiger partial charge on any atom is -0.478 e. The van der Waals surface area contributed by atoms with Crippen LogP contribution in [0.15, 0.2) is 72.8 Å². The Bertz CT molecular complexity index is 1320. The Hall–Kier alpha value is -2.90. The molecule has 0 spiro atoms. The van der Waals surface area contributed by atoms with Crippen molar-refractivity contribution in [2.24, 2.45) is 0 Å². The van der Waals surface area contributed by atoms with Crippen molar-refractivity contribution in [3.05, 3.63) is 120 Å². The van der Waals surface area contributed by atoms with E-state index in [1.54, 1.807) is 24.3 Å². The number of nitriles is 1. The number of hydrogen-bond acceptors (Lipinski definition) is 5. The molecule has 0 radical (unpaired) electrons. The molecule has 44 heavy (non-hydrogen) atoms. The van der Waals surface area contributed by atoms with E-state index in [2.05, 4.69) is 50.8 Å². The van der Waals surface area contributed by atoms with Crippen molar-refractivity contribution in [3.63, 3.8) is 0 Å². The summed E-state index contributed by atoms with van der Waals surface area (Å²) < 4.78 is 5.85. The molecule has 0 bridgehead atoms. The topological polar surface area (TPSA) is 86.5 Å². The molecular formula is C37H47N3O3U. The van der Waals surface area contributed by atoms with Crippen LogP contribution in [0.25, 0.3) is 0 Å². The molecule has 1 fully saturated rings. The van der Waals surface area contributed by atoms with Gasteiger partial charge in [-0.05, 0) is 93.7 Å². The number of carboxylic acid groups (broad SMARTS) is 1. The van der Waals surface area contributed by atoms with Gasteiger partial charge < -0.3 is 23.2 Å². The maximum absolute atomic E-state index is 10.5. The van der Waals surface area contributed by atoms with Crippen molar-refractivity contribution >= 4 is 5.97 Å². The van der Waals surface area contributed by atoms with Crippen molar-refractivity contribution in [2.45, 2.75) is 72.3 Å². The molecular weight excluding hydrogens is 772 g/mol. The van der Waals surface area contributed by atoms with Gasteiger partial charge in [0, 0.05) is 24.2 Å². The minimum absolute atomic E-state index is 0. The summed E-state index contributed by atoms with van der Waals surface area (Å²) in [6, 6.07) is 20.7. The van der Waals surface area contributed by atoms with Crippen LogP contribution in [0.2, 0.25) is 0 Å². The van der Waals surface area contributed by atoms with E-state index in [1.807, 2.05) is 44.2 Å². The van der Waals surface area contributed by atoms with E-state index < -0.39 is 5.97 Å². The zero-order valence-electron chi connectivity index (χ0n) is 26.8. The number of carboxylic acids is 1. The van der Waals surface area contributed by atoms with Crippen LogP contribution in [0.5, 0.6) is 5.88 Å². The molecule has 0 amide bonds. The molecule has 1 N–H and O–H groups in total. The van der Waals surface area contributed by atoms with E-state index in [4.69, 9.17) is 20.1 Å². The van der Waals surface area contributed by atoms with Gasteiger partial charge in [-0.3, -0.25) is 4.90 Å². The second-order valence-corrected chi connectivity index (χ2v) is 10.9. The number of piperidine rings is 1. The van der Waals surface area contributed by atoms with E-state index in [-0.39, 0.29) is 31.1 Å². The fourth-order valence-corrected chi connectivity index (χ4v) is 4.56. The standard InChI is InChI=1S/C22H25N3O.C9H10O2.C6H12.U/c1-17(2)15-25-12-10-20(11-13-25)21-4-3-5-22(24-21)26-16-19-8-6-18(14-23)7-9-19;1-6-3-4-8(9(10)11)5-7(6)2;1-3-5-6-4-2;/h3-9,20H,1,10-13,15-16H2,2H3;3-5H,1-2H3,(H,10,11);6H,1,3-5H2,2H3;/q;;-2;+2. The normalized spacial score (nSPS) is 12.7. The monoisotopic (exact) mass is 819 g/mol. The second kappa shape index (κ2) is 21.7. The second-order valence-electron chi connectivity index (χ2n) is 10.9. The van der Waals surface area contributed by atoms with Crippen molar-refractivity contribution in [3.8, 4) is 11.9 Å². The molecule has 0 unspecified atom stereocenters. The van der Waals surface area contributed by atoms with Gasteiger partial charge in [0.2, 0.25) is 5.88 Å². The molecule has 1 aliphatic rings. The fraction of sp³-hybridized carbons (Fsp3) is 0.378. The molecule has 2 aromatic carbocycles. The molecule has 232 valence electrons. The van der Waals surface area contributed by atoms with Gasteiger partial charge in [-0.25, -0.2) is 22.6 Å². The minimum atomic E-state index is -0.867. The van der Waals surface area contributed by atoms with Crippen molar-refractivity contribution in [1.82, 2.24) is 9.88 Å². The Morgan fingerprint density at radius 2 is 1.82 bits per heavy atom. The zero-order valence-corrected chi connectivity index (χ0v) is 31.0. The van der Waals surface area contributed by atoms with Gasteiger partial charge >= 0.3 is 37.1 Å². The molecule has 7 heteroatoms. The number of carbonyl (C=O) groups is 1. The number of benzene rings is 2. The SMILES string of the molecule is C=C(C)CN1CCC(c2cccc(OCc3ccc(C#N)cc3)n2)CC1.Cc1ccc(C(=O)O)cc1C.[CH2-]CC[CH-]CC.[U+2]. The van der Waals surface area contributed by atoms with E-state index in [0.717, 1.165) is 61.3 Å². The third-order valence-electron chi connectivity index (χ3n) is 7.16. The zero-order chi connectivity index (χ0) is 31.6. The fourth-order valence-electron chi connectivity index (χ4n) is 4.56. The number of aromatic nitrogens is 1. The van der Waals surface area contributed by atoms with Crippen LogP contribution in [0.4, 0.5) is 0 Å². The summed E-state index contributed by atoms with van der Waals surface area (Å²) in [5.74, 6) is 0.291. The molecule has 2 heterocycles. The summed E-state index contributed by atoms with van der Waals surface area (Å²) in [7, 11) is 0. The summed E-state index contributed by atoms with van der Waals surface area (Å²) in [6.07, 6.45) is 7.91. The summed E-state index contributed by atoms with van der Waals surface area (Å²) in [5.41, 5.74) is 6.53.